The quantitative estimate of drug-likeness (QED) is 0.882. The highest BCUT2D eigenvalue weighted by molar-refractivity contribution is 5.96. The van der Waals surface area contributed by atoms with Crippen LogP contribution < -0.4 is 5.73 Å². The molecule has 0 radical (unpaired) electrons. The molecule has 2 rings (SSSR count). The van der Waals surface area contributed by atoms with E-state index >= 15 is 0 Å². The van der Waals surface area contributed by atoms with Crippen LogP contribution in [0.3, 0.4) is 0 Å². The zero-order valence-electron chi connectivity index (χ0n) is 12.1. The Labute approximate surface area is 127 Å². The van der Waals surface area contributed by atoms with Gasteiger partial charge in [-0.2, -0.15) is 5.26 Å². The fraction of sp³-hybridized carbons (Fsp3) is 0.188. The summed E-state index contributed by atoms with van der Waals surface area (Å²) in [4.78, 5) is 22.9. The topological polar surface area (TPSA) is 113 Å². The Morgan fingerprint density at radius 3 is 2.36 bits per heavy atom. The van der Waals surface area contributed by atoms with Crippen molar-refractivity contribution in [2.75, 3.05) is 0 Å². The lowest BCUT2D eigenvalue weighted by atomic mass is 9.81. The smallest absolute Gasteiger partial charge is 0.335 e. The van der Waals surface area contributed by atoms with E-state index in [2.05, 4.69) is 0 Å². The van der Waals surface area contributed by atoms with Crippen LogP contribution in [0, 0.1) is 11.3 Å². The SMILES string of the molecule is CC(=O)C1=C(C)OC(N)=C(C#N)C1c1ccc(C(=O)O)cc1. The van der Waals surface area contributed by atoms with Crippen LogP contribution in [0.5, 0.6) is 0 Å². The average Bonchev–Trinajstić information content (AvgIpc) is 2.46. The third-order valence-electron chi connectivity index (χ3n) is 3.48. The molecule has 0 spiro atoms. The maximum absolute atomic E-state index is 11.9. The van der Waals surface area contributed by atoms with Gasteiger partial charge in [-0.3, -0.25) is 4.79 Å². The van der Waals surface area contributed by atoms with Crippen molar-refractivity contribution in [2.45, 2.75) is 19.8 Å². The Morgan fingerprint density at radius 2 is 1.91 bits per heavy atom. The normalized spacial score (nSPS) is 17.8. The number of nitriles is 1. The standard InChI is InChI=1S/C16H14N2O4/c1-8(19)13-9(2)22-15(18)12(7-17)14(13)10-3-5-11(6-4-10)16(20)21/h3-6,14H,18H2,1-2H3,(H,20,21). The van der Waals surface area contributed by atoms with Gasteiger partial charge in [-0.05, 0) is 31.5 Å². The van der Waals surface area contributed by atoms with Crippen molar-refractivity contribution in [2.24, 2.45) is 5.73 Å². The molecule has 3 N–H and O–H groups in total. The van der Waals surface area contributed by atoms with E-state index in [0.29, 0.717) is 16.9 Å². The molecule has 112 valence electrons. The maximum Gasteiger partial charge on any atom is 0.335 e. The minimum atomic E-state index is -1.05. The fourth-order valence-corrected chi connectivity index (χ4v) is 2.49. The third kappa shape index (κ3) is 2.56. The van der Waals surface area contributed by atoms with Gasteiger partial charge in [0, 0.05) is 5.57 Å². The summed E-state index contributed by atoms with van der Waals surface area (Å²) in [6, 6.07) is 7.96. The molecule has 1 heterocycles. The molecule has 0 saturated carbocycles. The van der Waals surface area contributed by atoms with Gasteiger partial charge >= 0.3 is 5.97 Å². The van der Waals surface area contributed by atoms with Crippen LogP contribution in [0.25, 0.3) is 0 Å². The van der Waals surface area contributed by atoms with Gasteiger partial charge in [0.15, 0.2) is 5.78 Å². The third-order valence-corrected chi connectivity index (χ3v) is 3.48. The number of hydrogen-bond acceptors (Lipinski definition) is 5. The summed E-state index contributed by atoms with van der Waals surface area (Å²) in [5.74, 6) is -1.63. The number of hydrogen-bond donors (Lipinski definition) is 2. The van der Waals surface area contributed by atoms with E-state index in [1.165, 1.54) is 19.1 Å². The van der Waals surface area contributed by atoms with Gasteiger partial charge in [-0.15, -0.1) is 0 Å². The Balaban J connectivity index is 2.60. The van der Waals surface area contributed by atoms with Crippen LogP contribution in [-0.2, 0) is 9.53 Å². The van der Waals surface area contributed by atoms with Crippen LogP contribution in [0.2, 0.25) is 0 Å². The first-order valence-corrected chi connectivity index (χ1v) is 6.49. The van der Waals surface area contributed by atoms with Gasteiger partial charge in [0.25, 0.3) is 0 Å². The van der Waals surface area contributed by atoms with E-state index in [1.54, 1.807) is 19.1 Å². The van der Waals surface area contributed by atoms with Crippen LogP contribution in [-0.4, -0.2) is 16.9 Å². The van der Waals surface area contributed by atoms with Crippen molar-refractivity contribution in [3.8, 4) is 6.07 Å². The van der Waals surface area contributed by atoms with Gasteiger partial charge in [0.05, 0.1) is 11.5 Å². The molecule has 0 aromatic heterocycles. The van der Waals surface area contributed by atoms with E-state index in [1.807, 2.05) is 6.07 Å². The second-order valence-electron chi connectivity index (χ2n) is 4.88. The minimum absolute atomic E-state index is 0.0442. The molecule has 0 bridgehead atoms. The molecule has 1 aromatic carbocycles. The predicted molar refractivity (Wildman–Crippen MR) is 77.4 cm³/mol. The van der Waals surface area contributed by atoms with Gasteiger partial charge in [-0.1, -0.05) is 12.1 Å². The summed E-state index contributed by atoms with van der Waals surface area (Å²) in [6.07, 6.45) is 0. The monoisotopic (exact) mass is 298 g/mol. The number of ether oxygens (including phenoxy) is 1. The van der Waals surface area contributed by atoms with Crippen molar-refractivity contribution in [3.63, 3.8) is 0 Å². The Kier molecular flexibility index (Phi) is 4.00. The Hall–Kier alpha value is -3.07. The first-order valence-electron chi connectivity index (χ1n) is 6.49. The number of Topliss-reactive ketones (excluding diaryl/α,β-unsaturated/α-hetero) is 1. The van der Waals surface area contributed by atoms with E-state index in [-0.39, 0.29) is 22.8 Å². The predicted octanol–water partition coefficient (Wildman–Crippen LogP) is 2.06. The van der Waals surface area contributed by atoms with Crippen LogP contribution >= 0.6 is 0 Å². The minimum Gasteiger partial charge on any atom is -0.478 e. The molecule has 1 atom stereocenters. The number of nitrogens with two attached hydrogens (primary N) is 1. The number of carbonyl (C=O) groups excluding carboxylic acids is 1. The number of carboxylic acids is 1. The van der Waals surface area contributed by atoms with Crippen LogP contribution in [0.1, 0.15) is 35.7 Å². The number of carbonyl (C=O) groups is 2. The van der Waals surface area contributed by atoms with Crippen molar-refractivity contribution >= 4 is 11.8 Å². The first-order chi connectivity index (χ1) is 10.4. The van der Waals surface area contributed by atoms with E-state index in [0.717, 1.165) is 0 Å². The number of aromatic carboxylic acids is 1. The number of carboxylic acid groups (broad SMARTS) is 1. The highest BCUT2D eigenvalue weighted by atomic mass is 16.5. The summed E-state index contributed by atoms with van der Waals surface area (Å²) in [6.45, 7) is 2.99. The fourth-order valence-electron chi connectivity index (χ4n) is 2.49. The Morgan fingerprint density at radius 1 is 1.32 bits per heavy atom. The van der Waals surface area contributed by atoms with Gasteiger partial charge in [0.1, 0.15) is 17.4 Å². The Bertz CT molecular complexity index is 751. The molecular weight excluding hydrogens is 284 g/mol. The van der Waals surface area contributed by atoms with Crippen molar-refractivity contribution in [3.05, 3.63) is 58.2 Å². The lowest BCUT2D eigenvalue weighted by Gasteiger charge is -2.26. The van der Waals surface area contributed by atoms with Gasteiger partial charge in [-0.25, -0.2) is 4.79 Å². The van der Waals surface area contributed by atoms with Crippen molar-refractivity contribution < 1.29 is 19.4 Å². The van der Waals surface area contributed by atoms with Gasteiger partial charge < -0.3 is 15.6 Å². The summed E-state index contributed by atoms with van der Waals surface area (Å²) in [5.41, 5.74) is 6.95. The molecule has 22 heavy (non-hydrogen) atoms. The lowest BCUT2D eigenvalue weighted by molar-refractivity contribution is -0.114. The molecule has 1 aromatic rings. The average molecular weight is 298 g/mol. The molecule has 6 heteroatoms. The molecule has 6 nitrogen and oxygen atoms in total. The maximum atomic E-state index is 11.9. The van der Waals surface area contributed by atoms with Crippen LogP contribution in [0.15, 0.2) is 47.1 Å². The summed E-state index contributed by atoms with van der Waals surface area (Å²) >= 11 is 0. The van der Waals surface area contributed by atoms with Crippen molar-refractivity contribution in [1.82, 2.24) is 0 Å². The second kappa shape index (κ2) is 5.74. The highest BCUT2D eigenvalue weighted by Crippen LogP contribution is 2.39. The highest BCUT2D eigenvalue weighted by Gasteiger charge is 2.33. The van der Waals surface area contributed by atoms with E-state index in [4.69, 9.17) is 15.6 Å². The number of allylic oxidation sites excluding steroid dienone is 3. The molecule has 0 fully saturated rings. The number of benzene rings is 1. The number of nitrogens with zero attached hydrogens (tertiary/aromatic N) is 1. The zero-order chi connectivity index (χ0) is 16.4. The molecule has 0 saturated heterocycles. The van der Waals surface area contributed by atoms with Crippen LogP contribution in [0.4, 0.5) is 0 Å². The molecular formula is C16H14N2O4. The molecule has 1 aliphatic heterocycles. The first kappa shape index (κ1) is 15.3. The van der Waals surface area contributed by atoms with E-state index < -0.39 is 11.9 Å². The molecule has 0 amide bonds. The van der Waals surface area contributed by atoms with Gasteiger partial charge in [0.2, 0.25) is 5.88 Å². The summed E-state index contributed by atoms with van der Waals surface area (Å²) < 4.78 is 5.28. The molecule has 1 aliphatic rings. The number of rotatable bonds is 3. The summed E-state index contributed by atoms with van der Waals surface area (Å²) in [5, 5.41) is 18.3. The second-order valence-corrected chi connectivity index (χ2v) is 4.88. The number of ketones is 1. The molecule has 1 unspecified atom stereocenters. The molecule has 0 aliphatic carbocycles. The zero-order valence-corrected chi connectivity index (χ0v) is 12.1. The largest absolute Gasteiger partial charge is 0.478 e. The lowest BCUT2D eigenvalue weighted by Crippen LogP contribution is -2.23. The summed E-state index contributed by atoms with van der Waals surface area (Å²) in [7, 11) is 0. The van der Waals surface area contributed by atoms with E-state index in [9.17, 15) is 14.9 Å². The van der Waals surface area contributed by atoms with Crippen molar-refractivity contribution in [1.29, 1.82) is 5.26 Å².